The molecule has 0 fully saturated rings. The molecule has 0 heterocycles. The van der Waals surface area contributed by atoms with Crippen LogP contribution in [0, 0.1) is 11.8 Å². The number of aliphatic carboxylic acids is 1. The number of carbonyl (C=O) groups excluding carboxylic acids is 2. The maximum Gasteiger partial charge on any atom is 0.374 e. The zero-order valence-corrected chi connectivity index (χ0v) is 12.5. The average Bonchev–Trinajstić information content (AvgIpc) is 2.31. The Bertz CT molecular complexity index is 355. The van der Waals surface area contributed by atoms with Crippen LogP contribution in [0.3, 0.4) is 0 Å². The van der Waals surface area contributed by atoms with Crippen LogP contribution in [0.25, 0.3) is 0 Å². The molecule has 0 amide bonds. The van der Waals surface area contributed by atoms with Crippen LogP contribution in [-0.4, -0.2) is 40.1 Å². The first-order chi connectivity index (χ1) is 9.04. The molecule has 0 bridgehead atoms. The van der Waals surface area contributed by atoms with Crippen LogP contribution in [0.2, 0.25) is 0 Å². The Balaban J connectivity index is 4.06. The van der Waals surface area contributed by atoms with Gasteiger partial charge in [0.1, 0.15) is 0 Å². The number of carboxylic acid groups (broad SMARTS) is 1. The zero-order chi connectivity index (χ0) is 15.9. The number of esters is 1. The van der Waals surface area contributed by atoms with E-state index in [1.165, 1.54) is 0 Å². The third-order valence-electron chi connectivity index (χ3n) is 3.25. The van der Waals surface area contributed by atoms with Crippen molar-refractivity contribution in [3.8, 4) is 0 Å². The van der Waals surface area contributed by atoms with E-state index in [9.17, 15) is 19.5 Å². The van der Waals surface area contributed by atoms with E-state index in [0.29, 0.717) is 6.42 Å². The number of ether oxygens (including phenoxy) is 1. The Hall–Kier alpha value is -1.43. The molecular formula is C14H24O6. The van der Waals surface area contributed by atoms with Crippen LogP contribution in [0.4, 0.5) is 0 Å². The van der Waals surface area contributed by atoms with Gasteiger partial charge in [0.05, 0.1) is 18.6 Å². The number of carbonyl (C=O) groups is 3. The Morgan fingerprint density at radius 1 is 1.15 bits per heavy atom. The molecule has 6 nitrogen and oxygen atoms in total. The molecule has 0 aromatic carbocycles. The fourth-order valence-electron chi connectivity index (χ4n) is 1.58. The summed E-state index contributed by atoms with van der Waals surface area (Å²) in [5, 5.41) is 18.2. The van der Waals surface area contributed by atoms with Gasteiger partial charge < -0.3 is 14.9 Å². The van der Waals surface area contributed by atoms with E-state index < -0.39 is 23.3 Å². The fourth-order valence-corrected chi connectivity index (χ4v) is 1.58. The van der Waals surface area contributed by atoms with Crippen LogP contribution in [0.1, 0.15) is 47.0 Å². The molecule has 0 aliphatic carbocycles. The number of aliphatic hydroxyl groups is 1. The molecule has 2 atom stereocenters. The molecule has 0 saturated carbocycles. The van der Waals surface area contributed by atoms with Crippen molar-refractivity contribution in [3.63, 3.8) is 0 Å². The van der Waals surface area contributed by atoms with Crippen LogP contribution in [0.5, 0.6) is 0 Å². The van der Waals surface area contributed by atoms with Crippen LogP contribution in [0.15, 0.2) is 0 Å². The number of rotatable bonds is 9. The summed E-state index contributed by atoms with van der Waals surface area (Å²) in [6.07, 6.45) is -0.0675. The molecule has 0 saturated heterocycles. The van der Waals surface area contributed by atoms with Crippen molar-refractivity contribution in [2.24, 2.45) is 11.8 Å². The monoisotopic (exact) mass is 288 g/mol. The second kappa shape index (κ2) is 7.99. The van der Waals surface area contributed by atoms with Gasteiger partial charge in [0.2, 0.25) is 5.78 Å². The number of carboxylic acids is 1. The smallest absolute Gasteiger partial charge is 0.374 e. The molecule has 20 heavy (non-hydrogen) atoms. The van der Waals surface area contributed by atoms with Crippen molar-refractivity contribution in [3.05, 3.63) is 0 Å². The Labute approximate surface area is 119 Å². The van der Waals surface area contributed by atoms with Crippen molar-refractivity contribution in [2.45, 2.75) is 52.6 Å². The van der Waals surface area contributed by atoms with E-state index in [2.05, 4.69) is 0 Å². The highest BCUT2D eigenvalue weighted by Gasteiger charge is 2.25. The van der Waals surface area contributed by atoms with E-state index in [1.54, 1.807) is 13.8 Å². The highest BCUT2D eigenvalue weighted by atomic mass is 16.5. The summed E-state index contributed by atoms with van der Waals surface area (Å²) >= 11 is 0. The molecule has 116 valence electrons. The van der Waals surface area contributed by atoms with E-state index >= 15 is 0 Å². The van der Waals surface area contributed by atoms with Crippen LogP contribution >= 0.6 is 0 Å². The molecule has 0 aliphatic heterocycles. The van der Waals surface area contributed by atoms with Crippen molar-refractivity contribution in [1.29, 1.82) is 0 Å². The Morgan fingerprint density at radius 3 is 2.15 bits per heavy atom. The van der Waals surface area contributed by atoms with E-state index in [-0.39, 0.29) is 31.3 Å². The van der Waals surface area contributed by atoms with Gasteiger partial charge in [0.25, 0.3) is 0 Å². The second-order valence-electron chi connectivity index (χ2n) is 5.81. The lowest BCUT2D eigenvalue weighted by Crippen LogP contribution is -2.31. The van der Waals surface area contributed by atoms with Gasteiger partial charge in [0.15, 0.2) is 0 Å². The number of ketones is 1. The SMILES string of the molecule is CC(COC(=O)C(=O)CCC(=O)O)CC(C)C(C)(C)O. The van der Waals surface area contributed by atoms with Gasteiger partial charge in [-0.2, -0.15) is 0 Å². The first kappa shape index (κ1) is 18.6. The van der Waals surface area contributed by atoms with Gasteiger partial charge in [-0.25, -0.2) is 4.79 Å². The summed E-state index contributed by atoms with van der Waals surface area (Å²) in [5.41, 5.74) is -0.810. The summed E-state index contributed by atoms with van der Waals surface area (Å²) in [4.78, 5) is 32.9. The van der Waals surface area contributed by atoms with Crippen LogP contribution in [-0.2, 0) is 19.1 Å². The number of Topliss-reactive ketones (excluding diaryl/α,β-unsaturated/α-hetero) is 1. The summed E-state index contributed by atoms with van der Waals surface area (Å²) < 4.78 is 4.85. The number of hydrogen-bond donors (Lipinski definition) is 2. The summed E-state index contributed by atoms with van der Waals surface area (Å²) in [6.45, 7) is 7.27. The lowest BCUT2D eigenvalue weighted by molar-refractivity contribution is -0.155. The summed E-state index contributed by atoms with van der Waals surface area (Å²) in [5.74, 6) is -2.91. The van der Waals surface area contributed by atoms with E-state index in [4.69, 9.17) is 9.84 Å². The third kappa shape index (κ3) is 7.89. The van der Waals surface area contributed by atoms with Gasteiger partial charge in [-0.05, 0) is 32.1 Å². The third-order valence-corrected chi connectivity index (χ3v) is 3.25. The first-order valence-corrected chi connectivity index (χ1v) is 6.68. The zero-order valence-electron chi connectivity index (χ0n) is 12.5. The van der Waals surface area contributed by atoms with Gasteiger partial charge in [0, 0.05) is 6.42 Å². The van der Waals surface area contributed by atoms with Gasteiger partial charge in [-0.1, -0.05) is 13.8 Å². The van der Waals surface area contributed by atoms with E-state index in [1.807, 2.05) is 13.8 Å². The van der Waals surface area contributed by atoms with Crippen molar-refractivity contribution >= 4 is 17.7 Å². The second-order valence-corrected chi connectivity index (χ2v) is 5.81. The summed E-state index contributed by atoms with van der Waals surface area (Å²) in [6, 6.07) is 0. The Kier molecular flexibility index (Phi) is 7.42. The largest absolute Gasteiger partial charge is 0.481 e. The predicted octanol–water partition coefficient (Wildman–Crippen LogP) is 1.40. The predicted molar refractivity (Wildman–Crippen MR) is 72.1 cm³/mol. The Morgan fingerprint density at radius 2 is 1.70 bits per heavy atom. The van der Waals surface area contributed by atoms with Crippen LogP contribution < -0.4 is 0 Å². The highest BCUT2D eigenvalue weighted by molar-refractivity contribution is 6.33. The standard InChI is InChI=1S/C14H24O6/c1-9(7-10(2)14(3,4)19)8-20-13(18)11(15)5-6-12(16)17/h9-10,19H,5-8H2,1-4H3,(H,16,17). The quantitative estimate of drug-likeness (QED) is 0.491. The molecule has 2 unspecified atom stereocenters. The lowest BCUT2D eigenvalue weighted by atomic mass is 9.85. The summed E-state index contributed by atoms with van der Waals surface area (Å²) in [7, 11) is 0. The van der Waals surface area contributed by atoms with Crippen molar-refractivity contribution in [2.75, 3.05) is 6.61 Å². The minimum Gasteiger partial charge on any atom is -0.481 e. The highest BCUT2D eigenvalue weighted by Crippen LogP contribution is 2.23. The molecular weight excluding hydrogens is 264 g/mol. The van der Waals surface area contributed by atoms with Crippen molar-refractivity contribution < 1.29 is 29.3 Å². The topological polar surface area (TPSA) is 101 Å². The molecule has 0 radical (unpaired) electrons. The maximum absolute atomic E-state index is 11.3. The fraction of sp³-hybridized carbons (Fsp3) is 0.786. The molecule has 6 heteroatoms. The first-order valence-electron chi connectivity index (χ1n) is 6.68. The molecule has 0 aromatic rings. The average molecular weight is 288 g/mol. The molecule has 0 spiro atoms. The molecule has 0 rings (SSSR count). The minimum atomic E-state index is -1.13. The van der Waals surface area contributed by atoms with E-state index in [0.717, 1.165) is 0 Å². The van der Waals surface area contributed by atoms with Crippen molar-refractivity contribution in [1.82, 2.24) is 0 Å². The van der Waals surface area contributed by atoms with Gasteiger partial charge in [-0.15, -0.1) is 0 Å². The minimum absolute atomic E-state index is 0.00708. The van der Waals surface area contributed by atoms with Gasteiger partial charge in [-0.3, -0.25) is 9.59 Å². The lowest BCUT2D eigenvalue weighted by Gasteiger charge is -2.28. The normalized spacial score (nSPS) is 14.4. The number of hydrogen-bond acceptors (Lipinski definition) is 5. The molecule has 0 aliphatic rings. The molecule has 0 aromatic heterocycles. The maximum atomic E-state index is 11.3. The molecule has 2 N–H and O–H groups in total. The van der Waals surface area contributed by atoms with Gasteiger partial charge >= 0.3 is 11.9 Å².